The first kappa shape index (κ1) is 23.2. The smallest absolute Gasteiger partial charge is 0.419 e. The van der Waals surface area contributed by atoms with E-state index in [-0.39, 0.29) is 18.3 Å². The molecule has 10 heteroatoms. The number of rotatable bonds is 6. The molecule has 1 amide bonds. The van der Waals surface area contributed by atoms with Crippen molar-refractivity contribution in [1.82, 2.24) is 20.0 Å². The van der Waals surface area contributed by atoms with Crippen LogP contribution in [-0.2, 0) is 11.0 Å². The Morgan fingerprint density at radius 2 is 1.74 bits per heavy atom. The summed E-state index contributed by atoms with van der Waals surface area (Å²) in [6.07, 6.45) is -2.27. The lowest BCUT2D eigenvalue weighted by molar-refractivity contribution is -0.139. The fourth-order valence-electron chi connectivity index (χ4n) is 3.86. The summed E-state index contributed by atoms with van der Waals surface area (Å²) in [7, 11) is 1.67. The summed E-state index contributed by atoms with van der Waals surface area (Å²) in [5.74, 6) is 0.700. The van der Waals surface area contributed by atoms with Gasteiger partial charge in [0.25, 0.3) is 0 Å². The third kappa shape index (κ3) is 6.49. The molecule has 172 valence electrons. The molecule has 1 N–H and O–H groups in total. The number of piperazine rings is 1. The van der Waals surface area contributed by atoms with Crippen molar-refractivity contribution in [3.63, 3.8) is 0 Å². The Morgan fingerprint density at radius 1 is 1.06 bits per heavy atom. The topological polar surface area (TPSA) is 60.4 Å². The molecular formula is C21H30F3N5O2. The Kier molecular flexibility index (Phi) is 8.00. The molecule has 0 atom stereocenters. The molecular weight excluding hydrogens is 411 g/mol. The van der Waals surface area contributed by atoms with Gasteiger partial charge in [-0.15, -0.1) is 0 Å². The van der Waals surface area contributed by atoms with Crippen LogP contribution in [0.25, 0.3) is 0 Å². The van der Waals surface area contributed by atoms with Gasteiger partial charge in [0.2, 0.25) is 5.91 Å². The molecule has 2 aliphatic rings. The second kappa shape index (κ2) is 10.7. The predicted octanol–water partition coefficient (Wildman–Crippen LogP) is 1.90. The molecule has 2 aliphatic heterocycles. The number of guanidine groups is 1. The lowest BCUT2D eigenvalue weighted by Crippen LogP contribution is -2.54. The highest BCUT2D eigenvalue weighted by Gasteiger charge is 2.34. The average Bonchev–Trinajstić information content (AvgIpc) is 3.29. The zero-order valence-corrected chi connectivity index (χ0v) is 17.8. The maximum atomic E-state index is 13.0. The van der Waals surface area contributed by atoms with Crippen molar-refractivity contribution in [3.05, 3.63) is 29.8 Å². The molecule has 2 heterocycles. The number of ether oxygens (including phenoxy) is 1. The van der Waals surface area contributed by atoms with Crippen LogP contribution in [0, 0.1) is 0 Å². The minimum atomic E-state index is -4.45. The van der Waals surface area contributed by atoms with E-state index in [0.29, 0.717) is 19.0 Å². The highest BCUT2D eigenvalue weighted by molar-refractivity contribution is 5.80. The number of carbonyl (C=O) groups excluding carboxylic acids is 1. The van der Waals surface area contributed by atoms with Gasteiger partial charge in [-0.1, -0.05) is 12.1 Å². The van der Waals surface area contributed by atoms with Crippen molar-refractivity contribution in [2.75, 3.05) is 66.0 Å². The SMILES string of the molecule is CN=C(NCCOc1ccccc1C(F)(F)F)N1CCN(CC(=O)N2CCCC2)CC1. The Balaban J connectivity index is 1.40. The molecule has 1 aromatic rings. The fourth-order valence-corrected chi connectivity index (χ4v) is 3.86. The number of hydrogen-bond acceptors (Lipinski definition) is 4. The van der Waals surface area contributed by atoms with Crippen LogP contribution in [0.4, 0.5) is 13.2 Å². The Morgan fingerprint density at radius 3 is 2.39 bits per heavy atom. The third-order valence-corrected chi connectivity index (χ3v) is 5.54. The van der Waals surface area contributed by atoms with Gasteiger partial charge in [0.15, 0.2) is 5.96 Å². The molecule has 3 rings (SSSR count). The Labute approximate surface area is 180 Å². The summed E-state index contributed by atoms with van der Waals surface area (Å²) in [4.78, 5) is 22.7. The summed E-state index contributed by atoms with van der Waals surface area (Å²) >= 11 is 0. The van der Waals surface area contributed by atoms with E-state index in [4.69, 9.17) is 4.74 Å². The third-order valence-electron chi connectivity index (χ3n) is 5.54. The molecule has 0 saturated carbocycles. The molecule has 31 heavy (non-hydrogen) atoms. The number of hydrogen-bond donors (Lipinski definition) is 1. The van der Waals surface area contributed by atoms with Gasteiger partial charge in [-0.2, -0.15) is 13.2 Å². The number of nitrogens with zero attached hydrogens (tertiary/aromatic N) is 4. The molecule has 0 spiro atoms. The molecule has 0 unspecified atom stereocenters. The summed E-state index contributed by atoms with van der Waals surface area (Å²) in [5.41, 5.74) is -0.779. The summed E-state index contributed by atoms with van der Waals surface area (Å²) in [6.45, 7) is 5.56. The Hall–Kier alpha value is -2.49. The van der Waals surface area contributed by atoms with Crippen LogP contribution in [0.2, 0.25) is 0 Å². The number of para-hydroxylation sites is 1. The highest BCUT2D eigenvalue weighted by atomic mass is 19.4. The van der Waals surface area contributed by atoms with Crippen molar-refractivity contribution in [1.29, 1.82) is 0 Å². The number of likely N-dealkylation sites (tertiary alicyclic amines) is 1. The van der Waals surface area contributed by atoms with Crippen molar-refractivity contribution in [2.45, 2.75) is 19.0 Å². The van der Waals surface area contributed by atoms with E-state index in [1.54, 1.807) is 7.05 Å². The van der Waals surface area contributed by atoms with Gasteiger partial charge in [0, 0.05) is 46.3 Å². The van der Waals surface area contributed by atoms with Crippen LogP contribution in [0.1, 0.15) is 18.4 Å². The van der Waals surface area contributed by atoms with Crippen LogP contribution >= 0.6 is 0 Å². The normalized spacial score (nSPS) is 18.4. The lowest BCUT2D eigenvalue weighted by atomic mass is 10.2. The molecule has 2 fully saturated rings. The van der Waals surface area contributed by atoms with Crippen LogP contribution in [0.15, 0.2) is 29.3 Å². The van der Waals surface area contributed by atoms with Crippen LogP contribution < -0.4 is 10.1 Å². The zero-order chi connectivity index (χ0) is 22.3. The monoisotopic (exact) mass is 441 g/mol. The van der Waals surface area contributed by atoms with Gasteiger partial charge in [-0.25, -0.2) is 0 Å². The van der Waals surface area contributed by atoms with Gasteiger partial charge >= 0.3 is 6.18 Å². The number of alkyl halides is 3. The van der Waals surface area contributed by atoms with Crippen LogP contribution in [-0.4, -0.2) is 92.6 Å². The van der Waals surface area contributed by atoms with E-state index in [1.165, 1.54) is 18.2 Å². The largest absolute Gasteiger partial charge is 0.491 e. The van der Waals surface area contributed by atoms with Gasteiger partial charge in [0.05, 0.1) is 18.7 Å². The predicted molar refractivity (Wildman–Crippen MR) is 112 cm³/mol. The van der Waals surface area contributed by atoms with E-state index >= 15 is 0 Å². The molecule has 0 aromatic heterocycles. The minimum Gasteiger partial charge on any atom is -0.491 e. The van der Waals surface area contributed by atoms with E-state index < -0.39 is 11.7 Å². The zero-order valence-electron chi connectivity index (χ0n) is 17.8. The maximum Gasteiger partial charge on any atom is 0.419 e. The summed E-state index contributed by atoms with van der Waals surface area (Å²) < 4.78 is 44.4. The number of nitrogens with one attached hydrogen (secondary N) is 1. The van der Waals surface area contributed by atoms with E-state index in [9.17, 15) is 18.0 Å². The molecule has 1 aromatic carbocycles. The average molecular weight is 441 g/mol. The fraction of sp³-hybridized carbons (Fsp3) is 0.619. The number of aliphatic imine (C=N–C) groups is 1. The molecule has 0 radical (unpaired) electrons. The second-order valence-electron chi connectivity index (χ2n) is 7.67. The van der Waals surface area contributed by atoms with E-state index in [1.807, 2.05) is 4.90 Å². The molecule has 0 bridgehead atoms. The van der Waals surface area contributed by atoms with Gasteiger partial charge in [-0.3, -0.25) is 14.7 Å². The molecule has 7 nitrogen and oxygen atoms in total. The van der Waals surface area contributed by atoms with Gasteiger partial charge < -0.3 is 19.9 Å². The quantitative estimate of drug-likeness (QED) is 0.415. The summed E-state index contributed by atoms with van der Waals surface area (Å²) in [6, 6.07) is 5.19. The van der Waals surface area contributed by atoms with Crippen molar-refractivity contribution >= 4 is 11.9 Å². The first-order valence-corrected chi connectivity index (χ1v) is 10.6. The van der Waals surface area contributed by atoms with Crippen molar-refractivity contribution in [3.8, 4) is 5.75 Å². The lowest BCUT2D eigenvalue weighted by Gasteiger charge is -2.36. The number of amides is 1. The van der Waals surface area contributed by atoms with E-state index in [0.717, 1.165) is 58.2 Å². The van der Waals surface area contributed by atoms with Crippen molar-refractivity contribution in [2.24, 2.45) is 4.99 Å². The highest BCUT2D eigenvalue weighted by Crippen LogP contribution is 2.35. The maximum absolute atomic E-state index is 13.0. The molecule has 2 saturated heterocycles. The first-order valence-electron chi connectivity index (χ1n) is 10.6. The minimum absolute atomic E-state index is 0.0798. The standard InChI is InChI=1S/C21H30F3N5O2/c1-25-20(26-8-15-31-18-7-3-2-6-17(18)21(22,23)24)29-13-11-27(12-14-29)16-19(30)28-9-4-5-10-28/h2-3,6-7H,4-5,8-16H2,1H3,(H,25,26). The number of carbonyl (C=O) groups is 1. The molecule has 0 aliphatic carbocycles. The second-order valence-corrected chi connectivity index (χ2v) is 7.67. The van der Waals surface area contributed by atoms with Gasteiger partial charge in [-0.05, 0) is 25.0 Å². The van der Waals surface area contributed by atoms with Crippen LogP contribution in [0.3, 0.4) is 0 Å². The van der Waals surface area contributed by atoms with Gasteiger partial charge in [0.1, 0.15) is 12.4 Å². The summed E-state index contributed by atoms with van der Waals surface area (Å²) in [5, 5.41) is 3.14. The van der Waals surface area contributed by atoms with Crippen LogP contribution in [0.5, 0.6) is 5.75 Å². The number of halogens is 3. The number of benzene rings is 1. The Bertz CT molecular complexity index is 758. The van der Waals surface area contributed by atoms with E-state index in [2.05, 4.69) is 20.1 Å². The van der Waals surface area contributed by atoms with Crippen molar-refractivity contribution < 1.29 is 22.7 Å². The first-order chi connectivity index (χ1) is 14.9.